The minimum atomic E-state index is -0.0482. The monoisotopic (exact) mass is 248 g/mol. The van der Waals surface area contributed by atoms with E-state index in [1.807, 2.05) is 41.2 Å². The van der Waals surface area contributed by atoms with Gasteiger partial charge in [0.2, 0.25) is 0 Å². The Balaban J connectivity index is 2.06. The van der Waals surface area contributed by atoms with Crippen LogP contribution in [0.1, 0.15) is 30.3 Å². The topological polar surface area (TPSA) is 45.1 Å². The van der Waals surface area contributed by atoms with E-state index in [9.17, 15) is 5.11 Å². The third-order valence-corrected chi connectivity index (χ3v) is 3.34. The molecule has 1 aromatic carbocycles. The normalized spacial score (nSPS) is 14.5. The lowest BCUT2D eigenvalue weighted by atomic mass is 10.1. The van der Waals surface area contributed by atoms with Crippen LogP contribution in [-0.4, -0.2) is 16.7 Å². The van der Waals surface area contributed by atoms with Gasteiger partial charge in [-0.15, -0.1) is 11.3 Å². The first-order valence-corrected chi connectivity index (χ1v) is 6.55. The molecule has 2 aromatic rings. The van der Waals surface area contributed by atoms with E-state index in [0.717, 1.165) is 11.3 Å². The molecule has 0 fully saturated rings. The number of aliphatic hydroxyl groups is 1. The van der Waals surface area contributed by atoms with Gasteiger partial charge in [-0.2, -0.15) is 0 Å². The summed E-state index contributed by atoms with van der Waals surface area (Å²) in [5, 5.41) is 14.8. The number of benzene rings is 1. The van der Waals surface area contributed by atoms with Gasteiger partial charge in [0.1, 0.15) is 0 Å². The highest BCUT2D eigenvalue weighted by molar-refractivity contribution is 7.07. The van der Waals surface area contributed by atoms with Crippen LogP contribution in [-0.2, 0) is 0 Å². The molecule has 0 aliphatic carbocycles. The van der Waals surface area contributed by atoms with Gasteiger partial charge in [0, 0.05) is 11.4 Å². The van der Waals surface area contributed by atoms with Gasteiger partial charge in [-0.05, 0) is 12.5 Å². The Morgan fingerprint density at radius 2 is 2.12 bits per heavy atom. The molecule has 90 valence electrons. The Kier molecular flexibility index (Phi) is 4.25. The Labute approximate surface area is 105 Å². The van der Waals surface area contributed by atoms with Crippen molar-refractivity contribution >= 4 is 11.3 Å². The second kappa shape index (κ2) is 5.91. The maximum absolute atomic E-state index is 9.45. The SMILES string of the molecule is CC(N[C@H](CO)c1ccccc1)c1cscn1. The largest absolute Gasteiger partial charge is 0.394 e. The molecular formula is C13H16N2OS. The highest BCUT2D eigenvalue weighted by Gasteiger charge is 2.15. The number of nitrogens with one attached hydrogen (secondary N) is 1. The number of rotatable bonds is 5. The molecule has 0 aliphatic heterocycles. The number of hydrogen-bond donors (Lipinski definition) is 2. The molecule has 0 spiro atoms. The van der Waals surface area contributed by atoms with Gasteiger partial charge in [0.05, 0.1) is 23.9 Å². The zero-order valence-electron chi connectivity index (χ0n) is 9.71. The van der Waals surface area contributed by atoms with Crippen LogP contribution in [0.4, 0.5) is 0 Å². The molecule has 0 bridgehead atoms. The summed E-state index contributed by atoms with van der Waals surface area (Å²) < 4.78 is 0. The van der Waals surface area contributed by atoms with Crippen molar-refractivity contribution in [2.24, 2.45) is 0 Å². The summed E-state index contributed by atoms with van der Waals surface area (Å²) in [4.78, 5) is 4.27. The molecule has 2 N–H and O–H groups in total. The van der Waals surface area contributed by atoms with Crippen molar-refractivity contribution in [1.82, 2.24) is 10.3 Å². The molecule has 1 unspecified atom stereocenters. The van der Waals surface area contributed by atoms with Crippen molar-refractivity contribution in [3.05, 3.63) is 52.5 Å². The van der Waals surface area contributed by atoms with E-state index in [1.165, 1.54) is 0 Å². The van der Waals surface area contributed by atoms with Crippen LogP contribution in [0.15, 0.2) is 41.2 Å². The number of aromatic nitrogens is 1. The van der Waals surface area contributed by atoms with Crippen molar-refractivity contribution in [2.75, 3.05) is 6.61 Å². The fourth-order valence-corrected chi connectivity index (χ4v) is 2.41. The average Bonchev–Trinajstić information content (AvgIpc) is 2.90. The zero-order chi connectivity index (χ0) is 12.1. The molecule has 0 radical (unpaired) electrons. The summed E-state index contributed by atoms with van der Waals surface area (Å²) in [5.74, 6) is 0. The van der Waals surface area contributed by atoms with Crippen LogP contribution in [0.25, 0.3) is 0 Å². The van der Waals surface area contributed by atoms with Gasteiger partial charge in [-0.3, -0.25) is 5.32 Å². The van der Waals surface area contributed by atoms with E-state index in [4.69, 9.17) is 0 Å². The first kappa shape index (κ1) is 12.2. The van der Waals surface area contributed by atoms with Crippen LogP contribution in [0.3, 0.4) is 0 Å². The maximum atomic E-state index is 9.45. The summed E-state index contributed by atoms with van der Waals surface area (Å²) in [6, 6.07) is 10.1. The Bertz CT molecular complexity index is 430. The minimum absolute atomic E-state index is 0.0482. The minimum Gasteiger partial charge on any atom is -0.394 e. The Hall–Kier alpha value is -1.23. The predicted molar refractivity (Wildman–Crippen MR) is 69.9 cm³/mol. The lowest BCUT2D eigenvalue weighted by Gasteiger charge is -2.21. The van der Waals surface area contributed by atoms with Crippen LogP contribution in [0, 0.1) is 0 Å². The highest BCUT2D eigenvalue weighted by atomic mass is 32.1. The summed E-state index contributed by atoms with van der Waals surface area (Å²) in [5.41, 5.74) is 3.94. The average molecular weight is 248 g/mol. The summed E-state index contributed by atoms with van der Waals surface area (Å²) >= 11 is 1.58. The Morgan fingerprint density at radius 1 is 1.35 bits per heavy atom. The van der Waals surface area contributed by atoms with Crippen LogP contribution in [0.2, 0.25) is 0 Å². The lowest BCUT2D eigenvalue weighted by molar-refractivity contribution is 0.235. The van der Waals surface area contributed by atoms with Crippen LogP contribution in [0.5, 0.6) is 0 Å². The van der Waals surface area contributed by atoms with E-state index in [0.29, 0.717) is 0 Å². The molecular weight excluding hydrogens is 232 g/mol. The molecule has 0 amide bonds. The highest BCUT2D eigenvalue weighted by Crippen LogP contribution is 2.19. The molecule has 17 heavy (non-hydrogen) atoms. The number of hydrogen-bond acceptors (Lipinski definition) is 4. The second-order valence-corrected chi connectivity index (χ2v) is 4.67. The van der Waals surface area contributed by atoms with Gasteiger partial charge in [0.25, 0.3) is 0 Å². The molecule has 2 atom stereocenters. The first-order valence-electron chi connectivity index (χ1n) is 5.61. The van der Waals surface area contributed by atoms with Crippen LogP contribution >= 0.6 is 11.3 Å². The van der Waals surface area contributed by atoms with Crippen molar-refractivity contribution in [3.63, 3.8) is 0 Å². The van der Waals surface area contributed by atoms with Gasteiger partial charge < -0.3 is 5.11 Å². The summed E-state index contributed by atoms with van der Waals surface area (Å²) in [6.07, 6.45) is 0. The lowest BCUT2D eigenvalue weighted by Crippen LogP contribution is -2.27. The predicted octanol–water partition coefficient (Wildman–Crippen LogP) is 2.53. The summed E-state index contributed by atoms with van der Waals surface area (Å²) in [6.45, 7) is 2.14. The van der Waals surface area contributed by atoms with E-state index < -0.39 is 0 Å². The molecule has 4 heteroatoms. The molecule has 0 saturated heterocycles. The fourth-order valence-electron chi connectivity index (χ4n) is 1.76. The molecule has 0 aliphatic rings. The van der Waals surface area contributed by atoms with Gasteiger partial charge in [-0.25, -0.2) is 4.98 Å². The van der Waals surface area contributed by atoms with Crippen molar-refractivity contribution in [2.45, 2.75) is 19.0 Å². The first-order chi connectivity index (χ1) is 8.31. The van der Waals surface area contributed by atoms with E-state index in [2.05, 4.69) is 17.2 Å². The van der Waals surface area contributed by atoms with Gasteiger partial charge in [0.15, 0.2) is 0 Å². The van der Waals surface area contributed by atoms with Crippen LogP contribution < -0.4 is 5.32 Å². The number of aliphatic hydroxyl groups excluding tert-OH is 1. The second-order valence-electron chi connectivity index (χ2n) is 3.95. The maximum Gasteiger partial charge on any atom is 0.0795 e. The molecule has 0 saturated carbocycles. The third-order valence-electron chi connectivity index (χ3n) is 2.73. The summed E-state index contributed by atoms with van der Waals surface area (Å²) in [7, 11) is 0. The van der Waals surface area contributed by atoms with Crippen molar-refractivity contribution in [3.8, 4) is 0 Å². The molecule has 1 aromatic heterocycles. The van der Waals surface area contributed by atoms with Crippen molar-refractivity contribution in [1.29, 1.82) is 0 Å². The third kappa shape index (κ3) is 3.12. The van der Waals surface area contributed by atoms with E-state index in [1.54, 1.807) is 11.3 Å². The fraction of sp³-hybridized carbons (Fsp3) is 0.308. The zero-order valence-corrected chi connectivity index (χ0v) is 10.5. The molecule has 1 heterocycles. The molecule has 3 nitrogen and oxygen atoms in total. The quantitative estimate of drug-likeness (QED) is 0.854. The smallest absolute Gasteiger partial charge is 0.0795 e. The van der Waals surface area contributed by atoms with Gasteiger partial charge >= 0.3 is 0 Å². The van der Waals surface area contributed by atoms with Crippen molar-refractivity contribution < 1.29 is 5.11 Å². The number of nitrogens with zero attached hydrogens (tertiary/aromatic N) is 1. The van der Waals surface area contributed by atoms with E-state index >= 15 is 0 Å². The number of thiazole rings is 1. The van der Waals surface area contributed by atoms with Gasteiger partial charge in [-0.1, -0.05) is 30.3 Å². The Morgan fingerprint density at radius 3 is 2.71 bits per heavy atom. The standard InChI is InChI=1S/C13H16N2OS/c1-10(13-8-17-9-14-13)15-12(7-16)11-5-3-2-4-6-11/h2-6,8-10,12,15-16H,7H2,1H3/t10?,12-/m1/s1. The van der Waals surface area contributed by atoms with E-state index in [-0.39, 0.29) is 18.7 Å². The molecule has 2 rings (SSSR count).